The second kappa shape index (κ2) is 8.09. The number of furan rings is 1. The van der Waals surface area contributed by atoms with Gasteiger partial charge in [0.1, 0.15) is 5.76 Å². The molecule has 3 rings (SSSR count). The van der Waals surface area contributed by atoms with E-state index in [1.165, 1.54) is 22.9 Å². The van der Waals surface area contributed by atoms with Gasteiger partial charge in [0.05, 0.1) is 30.2 Å². The molecule has 1 aliphatic heterocycles. The Morgan fingerprint density at radius 3 is 2.85 bits per heavy atom. The maximum Gasteiger partial charge on any atom is 0.307 e. The highest BCUT2D eigenvalue weighted by molar-refractivity contribution is 8.01. The van der Waals surface area contributed by atoms with E-state index in [0.29, 0.717) is 12.3 Å². The fraction of sp³-hybridized carbons (Fsp3) is 0.278. The molecule has 26 heavy (non-hydrogen) atoms. The maximum atomic E-state index is 12.1. The van der Waals surface area contributed by atoms with Crippen LogP contribution in [-0.2, 0) is 25.7 Å². The molecular weight excluding hydrogens is 356 g/mol. The summed E-state index contributed by atoms with van der Waals surface area (Å²) >= 11 is 1.32. The molecule has 2 amide bonds. The third-order valence-electron chi connectivity index (χ3n) is 3.81. The van der Waals surface area contributed by atoms with Crippen LogP contribution in [0.2, 0.25) is 0 Å². The summed E-state index contributed by atoms with van der Waals surface area (Å²) in [5, 5.41) is 2.19. The first-order chi connectivity index (χ1) is 12.5. The first-order valence-corrected chi connectivity index (χ1v) is 8.89. The molecule has 1 N–H and O–H groups in total. The van der Waals surface area contributed by atoms with Crippen molar-refractivity contribution in [2.24, 2.45) is 0 Å². The summed E-state index contributed by atoms with van der Waals surface area (Å²) in [4.78, 5) is 38.4. The number of carbonyl (C=O) groups excluding carboxylic acids is 3. The number of benzene rings is 1. The van der Waals surface area contributed by atoms with Gasteiger partial charge in [-0.15, -0.1) is 11.8 Å². The molecule has 0 aliphatic carbocycles. The van der Waals surface area contributed by atoms with Crippen molar-refractivity contribution in [2.45, 2.75) is 23.1 Å². The number of hydrogen-bond donors (Lipinski definition) is 1. The predicted molar refractivity (Wildman–Crippen MR) is 95.5 cm³/mol. The number of likely N-dealkylation sites (N-methyl/N-ethyl adjacent to an activating group) is 1. The lowest BCUT2D eigenvalue weighted by atomic mass is 10.2. The van der Waals surface area contributed by atoms with E-state index in [4.69, 9.17) is 9.15 Å². The van der Waals surface area contributed by atoms with E-state index < -0.39 is 11.2 Å². The van der Waals surface area contributed by atoms with Crippen molar-refractivity contribution in [3.63, 3.8) is 0 Å². The van der Waals surface area contributed by atoms with Gasteiger partial charge < -0.3 is 19.4 Å². The van der Waals surface area contributed by atoms with Gasteiger partial charge in [-0.25, -0.2) is 0 Å². The number of nitrogens with one attached hydrogen (secondary N) is 1. The van der Waals surface area contributed by atoms with Crippen LogP contribution in [0.3, 0.4) is 0 Å². The highest BCUT2D eigenvalue weighted by Gasteiger charge is 2.29. The molecule has 1 unspecified atom stereocenters. The smallest absolute Gasteiger partial charge is 0.307 e. The zero-order chi connectivity index (χ0) is 18.5. The van der Waals surface area contributed by atoms with Crippen LogP contribution in [0.5, 0.6) is 0 Å². The van der Waals surface area contributed by atoms with Gasteiger partial charge in [0.25, 0.3) is 5.91 Å². The average molecular weight is 374 g/mol. The average Bonchev–Trinajstić information content (AvgIpc) is 3.13. The summed E-state index contributed by atoms with van der Waals surface area (Å²) in [6.07, 6.45) is 1.43. The minimum atomic E-state index is -0.586. The molecule has 0 saturated heterocycles. The molecule has 1 aliphatic rings. The number of carbonyl (C=O) groups is 3. The van der Waals surface area contributed by atoms with Crippen molar-refractivity contribution in [3.8, 4) is 0 Å². The monoisotopic (exact) mass is 374 g/mol. The second-order valence-corrected chi connectivity index (χ2v) is 7.03. The van der Waals surface area contributed by atoms with E-state index in [9.17, 15) is 14.4 Å². The molecular formula is C18H18N2O5S. The van der Waals surface area contributed by atoms with Crippen LogP contribution in [0.15, 0.2) is 52.0 Å². The highest BCUT2D eigenvalue weighted by Crippen LogP contribution is 2.36. The number of amides is 2. The molecule has 0 saturated carbocycles. The molecule has 0 radical (unpaired) electrons. The summed E-state index contributed by atoms with van der Waals surface area (Å²) in [7, 11) is 1.60. The molecule has 2 heterocycles. The molecule has 7 nitrogen and oxygen atoms in total. The lowest BCUT2D eigenvalue weighted by Gasteiger charge is -2.23. The van der Waals surface area contributed by atoms with Crippen molar-refractivity contribution in [1.82, 2.24) is 4.90 Å². The van der Waals surface area contributed by atoms with E-state index in [1.54, 1.807) is 19.2 Å². The molecule has 1 atom stereocenters. The van der Waals surface area contributed by atoms with Crippen molar-refractivity contribution in [1.29, 1.82) is 0 Å². The van der Waals surface area contributed by atoms with E-state index in [0.717, 1.165) is 10.6 Å². The third-order valence-corrected chi connectivity index (χ3v) is 5.09. The largest absolute Gasteiger partial charge is 0.467 e. The minimum Gasteiger partial charge on any atom is -0.467 e. The normalized spacial score (nSPS) is 15.7. The van der Waals surface area contributed by atoms with Crippen LogP contribution in [0.4, 0.5) is 5.69 Å². The summed E-state index contributed by atoms with van der Waals surface area (Å²) in [5.74, 6) is -0.536. The SMILES string of the molecule is CN(Cc1ccco1)C(=O)COC(=O)CC1Sc2ccccc2NC1=O. The number of ether oxygens (including phenoxy) is 1. The topological polar surface area (TPSA) is 88.8 Å². The van der Waals surface area contributed by atoms with Gasteiger partial charge in [0.2, 0.25) is 5.91 Å². The highest BCUT2D eigenvalue weighted by atomic mass is 32.2. The van der Waals surface area contributed by atoms with Gasteiger partial charge in [-0.1, -0.05) is 12.1 Å². The number of thioether (sulfide) groups is 1. The van der Waals surface area contributed by atoms with Crippen molar-refractivity contribution in [3.05, 3.63) is 48.4 Å². The first-order valence-electron chi connectivity index (χ1n) is 8.01. The van der Waals surface area contributed by atoms with E-state index in [1.807, 2.05) is 24.3 Å². The zero-order valence-corrected chi connectivity index (χ0v) is 15.0. The molecule has 0 bridgehead atoms. The quantitative estimate of drug-likeness (QED) is 0.781. The Bertz CT molecular complexity index is 806. The lowest BCUT2D eigenvalue weighted by Crippen LogP contribution is -2.33. The number of esters is 1. The molecule has 1 aromatic heterocycles. The van der Waals surface area contributed by atoms with Gasteiger partial charge in [0, 0.05) is 11.9 Å². The Hall–Kier alpha value is -2.74. The maximum absolute atomic E-state index is 12.1. The number of nitrogens with zero attached hydrogens (tertiary/aromatic N) is 1. The fourth-order valence-electron chi connectivity index (χ4n) is 2.41. The van der Waals surface area contributed by atoms with Gasteiger partial charge in [-0.2, -0.15) is 0 Å². The van der Waals surface area contributed by atoms with Crippen LogP contribution < -0.4 is 5.32 Å². The minimum absolute atomic E-state index is 0.0972. The molecule has 2 aromatic rings. The Labute approximate surface area is 154 Å². The fourth-order valence-corrected chi connectivity index (χ4v) is 3.51. The van der Waals surface area contributed by atoms with Crippen molar-refractivity contribution >= 4 is 35.2 Å². The number of rotatable bonds is 6. The first kappa shape index (κ1) is 18.1. The van der Waals surface area contributed by atoms with Crippen LogP contribution >= 0.6 is 11.8 Å². The van der Waals surface area contributed by atoms with Gasteiger partial charge in [-0.05, 0) is 24.3 Å². The lowest BCUT2D eigenvalue weighted by molar-refractivity contribution is -0.152. The summed E-state index contributed by atoms with van der Waals surface area (Å²) < 4.78 is 10.2. The number of anilines is 1. The second-order valence-electron chi connectivity index (χ2n) is 5.79. The Morgan fingerprint density at radius 1 is 1.27 bits per heavy atom. The summed E-state index contributed by atoms with van der Waals surface area (Å²) in [6.45, 7) is -0.0767. The predicted octanol–water partition coefficient (Wildman–Crippen LogP) is 2.28. The summed E-state index contributed by atoms with van der Waals surface area (Å²) in [6, 6.07) is 10.9. The Balaban J connectivity index is 1.47. The van der Waals surface area contributed by atoms with Crippen molar-refractivity contribution < 1.29 is 23.5 Å². The number of para-hydroxylation sites is 1. The third kappa shape index (κ3) is 4.45. The van der Waals surface area contributed by atoms with E-state index in [-0.39, 0.29) is 24.8 Å². The molecule has 136 valence electrons. The standard InChI is InChI=1S/C18H18N2O5S/c1-20(10-12-5-4-8-24-12)16(21)11-25-17(22)9-15-18(23)19-13-6-2-3-7-14(13)26-15/h2-8,15H,9-11H2,1H3,(H,19,23). The van der Waals surface area contributed by atoms with Gasteiger partial charge in [-0.3, -0.25) is 14.4 Å². The van der Waals surface area contributed by atoms with Crippen LogP contribution in [0.1, 0.15) is 12.2 Å². The van der Waals surface area contributed by atoms with Crippen LogP contribution in [0.25, 0.3) is 0 Å². The van der Waals surface area contributed by atoms with Gasteiger partial charge in [0.15, 0.2) is 6.61 Å². The number of hydrogen-bond acceptors (Lipinski definition) is 6. The zero-order valence-electron chi connectivity index (χ0n) is 14.1. The summed E-state index contributed by atoms with van der Waals surface area (Å²) in [5.41, 5.74) is 0.738. The number of fused-ring (bicyclic) bond motifs is 1. The van der Waals surface area contributed by atoms with E-state index in [2.05, 4.69) is 5.32 Å². The van der Waals surface area contributed by atoms with Crippen LogP contribution in [0, 0.1) is 0 Å². The molecule has 8 heteroatoms. The van der Waals surface area contributed by atoms with Crippen LogP contribution in [-0.4, -0.2) is 41.6 Å². The van der Waals surface area contributed by atoms with Crippen molar-refractivity contribution in [2.75, 3.05) is 19.0 Å². The Kier molecular flexibility index (Phi) is 5.62. The molecule has 0 spiro atoms. The van der Waals surface area contributed by atoms with E-state index >= 15 is 0 Å². The van der Waals surface area contributed by atoms with Gasteiger partial charge >= 0.3 is 5.97 Å². The molecule has 1 aromatic carbocycles. The Morgan fingerprint density at radius 2 is 2.08 bits per heavy atom. The molecule has 0 fully saturated rings.